The van der Waals surface area contributed by atoms with Crippen molar-refractivity contribution >= 4 is 65.4 Å². The maximum absolute atomic E-state index is 7.32. The van der Waals surface area contributed by atoms with Crippen LogP contribution in [0.2, 0.25) is 0 Å². The Morgan fingerprint density at radius 3 is 1.46 bits per heavy atom. The number of rotatable bonds is 2. The topological polar surface area (TPSA) is 24.0 Å². The van der Waals surface area contributed by atoms with Gasteiger partial charge in [0.2, 0.25) is 0 Å². The van der Waals surface area contributed by atoms with Gasteiger partial charge in [-0.2, -0.15) is 0 Å². The minimum absolute atomic E-state index is 0.652. The van der Waals surface area contributed by atoms with Crippen LogP contribution in [-0.2, 0) is 5.41 Å². The fourth-order valence-corrected chi connectivity index (χ4v) is 11.0. The van der Waals surface area contributed by atoms with Gasteiger partial charge in [-0.25, -0.2) is 0 Å². The molecule has 0 radical (unpaired) electrons. The first kappa shape index (κ1) is 31.3. The van der Waals surface area contributed by atoms with Crippen molar-refractivity contribution in [3.63, 3.8) is 0 Å². The lowest BCUT2D eigenvalue weighted by Crippen LogP contribution is -2.37. The van der Waals surface area contributed by atoms with Crippen molar-refractivity contribution in [1.29, 1.82) is 0 Å². The predicted molar refractivity (Wildman–Crippen MR) is 241 cm³/mol. The number of aromatic nitrogens is 3. The number of nitrogens with zero attached hydrogens (tertiary/aromatic N) is 3. The summed E-state index contributed by atoms with van der Waals surface area (Å²) in [6.45, 7) is 0. The molecule has 1 unspecified atom stereocenters. The van der Waals surface area contributed by atoms with E-state index >= 15 is 0 Å². The van der Waals surface area contributed by atoms with E-state index in [4.69, 9.17) is 4.74 Å². The molecule has 0 N–H and O–H groups in total. The molecule has 274 valence electrons. The maximum atomic E-state index is 7.32. The highest BCUT2D eigenvalue weighted by atomic mass is 16.5. The van der Waals surface area contributed by atoms with Crippen molar-refractivity contribution in [1.82, 2.24) is 13.7 Å². The van der Waals surface area contributed by atoms with Crippen LogP contribution in [0.15, 0.2) is 200 Å². The van der Waals surface area contributed by atoms with E-state index in [9.17, 15) is 0 Å². The maximum Gasteiger partial charge on any atom is 0.156 e. The Morgan fingerprint density at radius 1 is 0.305 bits per heavy atom. The molecule has 0 saturated heterocycles. The molecule has 0 bridgehead atoms. The highest BCUT2D eigenvalue weighted by Crippen LogP contribution is 2.61. The van der Waals surface area contributed by atoms with Gasteiger partial charge in [-0.15, -0.1) is 0 Å². The summed E-state index contributed by atoms with van der Waals surface area (Å²) in [5.74, 6) is 1.77. The molecule has 5 heterocycles. The molecule has 4 nitrogen and oxygen atoms in total. The Morgan fingerprint density at radius 2 is 0.780 bits per heavy atom. The molecule has 3 aromatic heterocycles. The standard InChI is InChI=1S/C55H33N3O/c1-7-22-46-36(14-1)37-15-2-8-23-47(37)56(46)34-28-30-35(31-29-34)57-48-24-9-3-17-39(48)41-32-33-45-54(53(41)57)59-51-27-12-6-20-43(51)55(45)42-19-5-11-26-50(42)58-49-25-10-4-16-38(49)40-18-13-21-44(55)52(40)58/h1-33H. The van der Waals surface area contributed by atoms with Crippen molar-refractivity contribution in [2.45, 2.75) is 5.41 Å². The number of benzene rings is 9. The molecule has 2 aliphatic heterocycles. The van der Waals surface area contributed by atoms with Gasteiger partial charge in [-0.3, -0.25) is 0 Å². The number of hydrogen-bond acceptors (Lipinski definition) is 1. The van der Waals surface area contributed by atoms with Crippen LogP contribution in [0.3, 0.4) is 0 Å². The third kappa shape index (κ3) is 3.80. The van der Waals surface area contributed by atoms with Crippen LogP contribution in [0.5, 0.6) is 11.5 Å². The van der Waals surface area contributed by atoms with Gasteiger partial charge in [0.1, 0.15) is 5.75 Å². The SMILES string of the molecule is c1ccc2c(c1)Oc1c(ccc3c4ccccc4n(-c4ccc(-n5c6ccccc6c6ccccc65)cc4)c13)C21c2ccccc2-n2c3ccccc3c3cccc1c32. The summed E-state index contributed by atoms with van der Waals surface area (Å²) < 4.78 is 14.6. The summed E-state index contributed by atoms with van der Waals surface area (Å²) >= 11 is 0. The zero-order valence-corrected chi connectivity index (χ0v) is 31.8. The normalized spacial score (nSPS) is 15.3. The van der Waals surface area contributed by atoms with Crippen molar-refractivity contribution in [2.24, 2.45) is 0 Å². The molecule has 0 saturated carbocycles. The van der Waals surface area contributed by atoms with E-state index in [1.165, 1.54) is 65.8 Å². The van der Waals surface area contributed by atoms with Crippen LogP contribution in [0.25, 0.3) is 82.5 Å². The summed E-state index contributed by atoms with van der Waals surface area (Å²) in [6.07, 6.45) is 0. The monoisotopic (exact) mass is 751 g/mol. The van der Waals surface area contributed by atoms with Crippen LogP contribution < -0.4 is 4.74 Å². The van der Waals surface area contributed by atoms with Crippen molar-refractivity contribution in [3.05, 3.63) is 222 Å². The first-order valence-corrected chi connectivity index (χ1v) is 20.4. The second-order valence-electron chi connectivity index (χ2n) is 16.0. The first-order chi connectivity index (χ1) is 29.3. The lowest BCUT2D eigenvalue weighted by molar-refractivity contribution is 0.438. The highest BCUT2D eigenvalue weighted by Gasteiger charge is 2.51. The van der Waals surface area contributed by atoms with Crippen molar-refractivity contribution in [2.75, 3.05) is 0 Å². The van der Waals surface area contributed by atoms with Crippen LogP contribution in [0.4, 0.5) is 0 Å². The molecule has 4 heteroatoms. The van der Waals surface area contributed by atoms with Crippen molar-refractivity contribution in [3.8, 4) is 28.6 Å². The quantitative estimate of drug-likeness (QED) is 0.173. The van der Waals surface area contributed by atoms with E-state index in [-0.39, 0.29) is 0 Å². The third-order valence-electron chi connectivity index (χ3n) is 13.3. The summed E-state index contributed by atoms with van der Waals surface area (Å²) in [5, 5.41) is 7.39. The number of fused-ring (bicyclic) bond motifs is 18. The van der Waals surface area contributed by atoms with E-state index in [2.05, 4.69) is 214 Å². The largest absolute Gasteiger partial charge is 0.454 e. The Balaban J connectivity index is 1.09. The molecule has 2 aliphatic rings. The lowest BCUT2D eigenvalue weighted by atomic mass is 9.61. The molecule has 59 heavy (non-hydrogen) atoms. The number of hydrogen-bond donors (Lipinski definition) is 0. The summed E-state index contributed by atoms with van der Waals surface area (Å²) in [5.41, 5.74) is 14.6. The van der Waals surface area contributed by atoms with Crippen molar-refractivity contribution < 1.29 is 4.74 Å². The molecule has 9 aromatic carbocycles. The number of ether oxygens (including phenoxy) is 1. The average Bonchev–Trinajstić information content (AvgIpc) is 3.95. The molecular weight excluding hydrogens is 719 g/mol. The van der Waals surface area contributed by atoms with Gasteiger partial charge in [0.15, 0.2) is 5.75 Å². The van der Waals surface area contributed by atoms with Crippen LogP contribution in [0, 0.1) is 0 Å². The lowest BCUT2D eigenvalue weighted by Gasteiger charge is -2.45. The van der Waals surface area contributed by atoms with Crippen LogP contribution >= 0.6 is 0 Å². The van der Waals surface area contributed by atoms with Gasteiger partial charge in [-0.05, 0) is 71.8 Å². The van der Waals surface area contributed by atoms with E-state index in [1.54, 1.807) is 0 Å². The Labute approximate surface area is 339 Å². The molecule has 1 spiro atoms. The molecule has 0 fully saturated rings. The first-order valence-electron chi connectivity index (χ1n) is 20.4. The number of para-hydroxylation sites is 7. The minimum atomic E-state index is -0.652. The van der Waals surface area contributed by atoms with Gasteiger partial charge in [-0.1, -0.05) is 140 Å². The molecule has 1 atom stereocenters. The van der Waals surface area contributed by atoms with E-state index in [1.807, 2.05) is 0 Å². The predicted octanol–water partition coefficient (Wildman–Crippen LogP) is 13.8. The smallest absolute Gasteiger partial charge is 0.156 e. The molecule has 12 aromatic rings. The van der Waals surface area contributed by atoms with Crippen LogP contribution in [0.1, 0.15) is 22.3 Å². The van der Waals surface area contributed by atoms with E-state index in [0.717, 1.165) is 50.4 Å². The summed E-state index contributed by atoms with van der Waals surface area (Å²) in [4.78, 5) is 0. The van der Waals surface area contributed by atoms with E-state index in [0.29, 0.717) is 0 Å². The Hall–Kier alpha value is -7.82. The zero-order chi connectivity index (χ0) is 38.4. The van der Waals surface area contributed by atoms with Gasteiger partial charge < -0.3 is 18.4 Å². The van der Waals surface area contributed by atoms with Gasteiger partial charge in [0.05, 0.1) is 44.2 Å². The second kappa shape index (κ2) is 11.2. The highest BCUT2D eigenvalue weighted by molar-refractivity contribution is 6.15. The Kier molecular flexibility index (Phi) is 5.93. The third-order valence-corrected chi connectivity index (χ3v) is 13.3. The van der Waals surface area contributed by atoms with Gasteiger partial charge in [0, 0.05) is 54.8 Å². The van der Waals surface area contributed by atoms with Gasteiger partial charge in [0.25, 0.3) is 0 Å². The fourth-order valence-electron chi connectivity index (χ4n) is 11.0. The Bertz CT molecular complexity index is 3710. The minimum Gasteiger partial charge on any atom is -0.454 e. The van der Waals surface area contributed by atoms with Gasteiger partial charge >= 0.3 is 0 Å². The zero-order valence-electron chi connectivity index (χ0n) is 31.8. The fraction of sp³-hybridized carbons (Fsp3) is 0.0182. The molecule has 0 aliphatic carbocycles. The average molecular weight is 752 g/mol. The summed E-state index contributed by atoms with van der Waals surface area (Å²) in [6, 6.07) is 73.3. The summed E-state index contributed by atoms with van der Waals surface area (Å²) in [7, 11) is 0. The molecule has 14 rings (SSSR count). The van der Waals surface area contributed by atoms with Crippen LogP contribution in [-0.4, -0.2) is 13.7 Å². The van der Waals surface area contributed by atoms with E-state index < -0.39 is 5.41 Å². The molecular formula is C55H33N3O. The second-order valence-corrected chi connectivity index (χ2v) is 16.0. The molecule has 0 amide bonds.